The van der Waals surface area contributed by atoms with Crippen LogP contribution in [0.1, 0.15) is 61.3 Å². The molecule has 5 heteroatoms. The molecule has 2 N–H and O–H groups in total. The van der Waals surface area contributed by atoms with Crippen molar-refractivity contribution in [3.63, 3.8) is 0 Å². The average molecular weight is 392 g/mol. The van der Waals surface area contributed by atoms with Gasteiger partial charge in [-0.3, -0.25) is 14.6 Å². The van der Waals surface area contributed by atoms with E-state index in [9.17, 15) is 9.59 Å². The van der Waals surface area contributed by atoms with Gasteiger partial charge >= 0.3 is 0 Å². The molecule has 1 aromatic carbocycles. The Labute approximate surface area is 172 Å². The number of nitrogens with one attached hydrogen (secondary N) is 2. The number of aryl methyl sites for hydroxylation is 1. The number of nitrogens with zero attached hydrogens (tertiary/aromatic N) is 1. The standard InChI is InChI=1S/C24H29N3O2/c28-23(15-19-9-8-17-5-1-2-7-22(17)19)27-20-12-10-18(11-13-20)24(29)26-16-21-6-3-4-14-25-21/h1-7,14,18-20H,8-13,15-16H2,(H,26,29)(H,27,28). The zero-order chi connectivity index (χ0) is 20.1. The fourth-order valence-electron chi connectivity index (χ4n) is 4.69. The summed E-state index contributed by atoms with van der Waals surface area (Å²) in [6.07, 6.45) is 7.84. The van der Waals surface area contributed by atoms with E-state index in [1.807, 2.05) is 18.2 Å². The molecule has 1 heterocycles. The third kappa shape index (κ3) is 5.03. The molecule has 0 aliphatic heterocycles. The molecule has 2 amide bonds. The maximum atomic E-state index is 12.6. The van der Waals surface area contributed by atoms with E-state index in [2.05, 4.69) is 39.9 Å². The van der Waals surface area contributed by atoms with Gasteiger partial charge in [0.1, 0.15) is 0 Å². The van der Waals surface area contributed by atoms with Crippen LogP contribution >= 0.6 is 0 Å². The number of rotatable bonds is 6. The number of pyridine rings is 1. The first-order chi connectivity index (χ1) is 14.2. The minimum absolute atomic E-state index is 0.0357. The second kappa shape index (κ2) is 9.21. The first kappa shape index (κ1) is 19.6. The van der Waals surface area contributed by atoms with Gasteiger partial charge in [-0.25, -0.2) is 0 Å². The summed E-state index contributed by atoms with van der Waals surface area (Å²) >= 11 is 0. The predicted molar refractivity (Wildman–Crippen MR) is 112 cm³/mol. The zero-order valence-corrected chi connectivity index (χ0v) is 16.8. The van der Waals surface area contributed by atoms with Crippen molar-refractivity contribution in [2.24, 2.45) is 5.92 Å². The maximum absolute atomic E-state index is 12.6. The third-order valence-electron chi connectivity index (χ3n) is 6.32. The van der Waals surface area contributed by atoms with Crippen molar-refractivity contribution in [3.05, 3.63) is 65.5 Å². The summed E-state index contributed by atoms with van der Waals surface area (Å²) in [5.41, 5.74) is 3.61. The fraction of sp³-hybridized carbons (Fsp3) is 0.458. The number of aromatic nitrogens is 1. The smallest absolute Gasteiger partial charge is 0.223 e. The highest BCUT2D eigenvalue weighted by Crippen LogP contribution is 2.35. The van der Waals surface area contributed by atoms with Gasteiger partial charge in [0.25, 0.3) is 0 Å². The number of benzene rings is 1. The Hall–Kier alpha value is -2.69. The molecule has 1 fully saturated rings. The van der Waals surface area contributed by atoms with Crippen molar-refractivity contribution < 1.29 is 9.59 Å². The summed E-state index contributed by atoms with van der Waals surface area (Å²) in [5.74, 6) is 0.631. The summed E-state index contributed by atoms with van der Waals surface area (Å²) in [7, 11) is 0. The van der Waals surface area contributed by atoms with Crippen LogP contribution in [-0.2, 0) is 22.6 Å². The van der Waals surface area contributed by atoms with E-state index in [0.29, 0.717) is 18.9 Å². The lowest BCUT2D eigenvalue weighted by Gasteiger charge is -2.28. The molecule has 0 radical (unpaired) electrons. The summed E-state index contributed by atoms with van der Waals surface area (Å²) < 4.78 is 0. The first-order valence-electron chi connectivity index (χ1n) is 10.7. The van der Waals surface area contributed by atoms with Crippen LogP contribution in [0.15, 0.2) is 48.7 Å². The fourth-order valence-corrected chi connectivity index (χ4v) is 4.69. The molecule has 152 valence electrons. The lowest BCUT2D eigenvalue weighted by atomic mass is 9.85. The Bertz CT molecular complexity index is 844. The van der Waals surface area contributed by atoms with Gasteiger partial charge in [-0.05, 0) is 67.7 Å². The van der Waals surface area contributed by atoms with Crippen molar-refractivity contribution in [1.82, 2.24) is 15.6 Å². The number of hydrogen-bond donors (Lipinski definition) is 2. The molecular formula is C24H29N3O2. The molecule has 1 atom stereocenters. The number of carbonyl (C=O) groups excluding carboxylic acids is 2. The van der Waals surface area contributed by atoms with Gasteiger partial charge in [-0.2, -0.15) is 0 Å². The lowest BCUT2D eigenvalue weighted by molar-refractivity contribution is -0.126. The Balaban J connectivity index is 1.19. The van der Waals surface area contributed by atoms with E-state index in [4.69, 9.17) is 0 Å². The molecule has 0 spiro atoms. The molecule has 2 aliphatic rings. The molecule has 0 saturated heterocycles. The molecule has 1 aromatic heterocycles. The van der Waals surface area contributed by atoms with Crippen LogP contribution in [-0.4, -0.2) is 22.8 Å². The van der Waals surface area contributed by atoms with Gasteiger partial charge in [-0.15, -0.1) is 0 Å². The first-order valence-corrected chi connectivity index (χ1v) is 10.7. The molecule has 29 heavy (non-hydrogen) atoms. The van der Waals surface area contributed by atoms with Gasteiger partial charge < -0.3 is 10.6 Å². The van der Waals surface area contributed by atoms with E-state index in [1.165, 1.54) is 11.1 Å². The number of carbonyl (C=O) groups is 2. The monoisotopic (exact) mass is 391 g/mol. The number of fused-ring (bicyclic) bond motifs is 1. The zero-order valence-electron chi connectivity index (χ0n) is 16.8. The minimum Gasteiger partial charge on any atom is -0.353 e. The van der Waals surface area contributed by atoms with Gasteiger partial charge in [0.05, 0.1) is 12.2 Å². The van der Waals surface area contributed by atoms with Crippen LogP contribution in [0.5, 0.6) is 0 Å². The van der Waals surface area contributed by atoms with Gasteiger partial charge in [0.15, 0.2) is 0 Å². The molecule has 1 unspecified atom stereocenters. The second-order valence-electron chi connectivity index (χ2n) is 8.29. The van der Waals surface area contributed by atoms with E-state index >= 15 is 0 Å². The number of hydrogen-bond acceptors (Lipinski definition) is 3. The highest BCUT2D eigenvalue weighted by molar-refractivity contribution is 5.79. The minimum atomic E-state index is 0.0357. The van der Waals surface area contributed by atoms with Crippen LogP contribution < -0.4 is 10.6 Å². The topological polar surface area (TPSA) is 71.1 Å². The summed E-state index contributed by atoms with van der Waals surface area (Å²) in [5, 5.41) is 6.21. The SMILES string of the molecule is O=C(CC1CCc2ccccc21)NC1CCC(C(=O)NCc2ccccn2)CC1. The molecule has 5 nitrogen and oxygen atoms in total. The van der Waals surface area contributed by atoms with E-state index in [0.717, 1.165) is 44.2 Å². The highest BCUT2D eigenvalue weighted by atomic mass is 16.2. The quantitative estimate of drug-likeness (QED) is 0.792. The van der Waals surface area contributed by atoms with Gasteiger partial charge in [-0.1, -0.05) is 30.3 Å². The van der Waals surface area contributed by atoms with Gasteiger partial charge in [0, 0.05) is 24.6 Å². The van der Waals surface area contributed by atoms with Gasteiger partial charge in [0.2, 0.25) is 11.8 Å². The normalized spacial score (nSPS) is 23.2. The van der Waals surface area contributed by atoms with Crippen molar-refractivity contribution in [3.8, 4) is 0 Å². The van der Waals surface area contributed by atoms with Crippen molar-refractivity contribution >= 4 is 11.8 Å². The van der Waals surface area contributed by atoms with Crippen LogP contribution in [0, 0.1) is 5.92 Å². The Morgan fingerprint density at radius 1 is 0.966 bits per heavy atom. The summed E-state index contributed by atoms with van der Waals surface area (Å²) in [6.45, 7) is 0.471. The summed E-state index contributed by atoms with van der Waals surface area (Å²) in [6, 6.07) is 14.4. The lowest BCUT2D eigenvalue weighted by Crippen LogP contribution is -2.41. The molecule has 2 aliphatic carbocycles. The summed E-state index contributed by atoms with van der Waals surface area (Å²) in [4.78, 5) is 29.2. The largest absolute Gasteiger partial charge is 0.353 e. The molecule has 2 aromatic rings. The Morgan fingerprint density at radius 3 is 2.55 bits per heavy atom. The Kier molecular flexibility index (Phi) is 6.23. The second-order valence-corrected chi connectivity index (χ2v) is 8.29. The maximum Gasteiger partial charge on any atom is 0.223 e. The van der Waals surface area contributed by atoms with E-state index < -0.39 is 0 Å². The highest BCUT2D eigenvalue weighted by Gasteiger charge is 2.29. The van der Waals surface area contributed by atoms with Crippen LogP contribution in [0.4, 0.5) is 0 Å². The molecule has 0 bridgehead atoms. The van der Waals surface area contributed by atoms with Crippen LogP contribution in [0.3, 0.4) is 0 Å². The molecule has 4 rings (SSSR count). The van der Waals surface area contributed by atoms with E-state index in [1.54, 1.807) is 6.20 Å². The number of amides is 2. The van der Waals surface area contributed by atoms with Crippen LogP contribution in [0.25, 0.3) is 0 Å². The average Bonchev–Trinajstić information content (AvgIpc) is 3.16. The molecule has 1 saturated carbocycles. The van der Waals surface area contributed by atoms with Crippen molar-refractivity contribution in [1.29, 1.82) is 0 Å². The van der Waals surface area contributed by atoms with Crippen molar-refractivity contribution in [2.45, 2.75) is 63.5 Å². The van der Waals surface area contributed by atoms with E-state index in [-0.39, 0.29) is 23.8 Å². The third-order valence-corrected chi connectivity index (χ3v) is 6.32. The predicted octanol–water partition coefficient (Wildman–Crippen LogP) is 3.49. The Morgan fingerprint density at radius 2 is 1.76 bits per heavy atom. The van der Waals surface area contributed by atoms with Crippen molar-refractivity contribution in [2.75, 3.05) is 0 Å². The molecular weight excluding hydrogens is 362 g/mol. The van der Waals surface area contributed by atoms with Crippen LogP contribution in [0.2, 0.25) is 0 Å².